The summed E-state index contributed by atoms with van der Waals surface area (Å²) >= 11 is 0. The first-order valence-electron chi connectivity index (χ1n) is 5.55. The molecule has 1 rings (SSSR count). The van der Waals surface area contributed by atoms with E-state index in [1.54, 1.807) is 19.1 Å². The maximum absolute atomic E-state index is 13.4. The summed E-state index contributed by atoms with van der Waals surface area (Å²) in [6.07, 6.45) is 0.867. The van der Waals surface area contributed by atoms with Crippen molar-refractivity contribution in [3.05, 3.63) is 35.1 Å². The summed E-state index contributed by atoms with van der Waals surface area (Å²) < 4.78 is 13.4. The van der Waals surface area contributed by atoms with Crippen molar-refractivity contribution in [2.75, 3.05) is 0 Å². The first-order valence-corrected chi connectivity index (χ1v) is 5.55. The molecule has 0 saturated heterocycles. The lowest BCUT2D eigenvalue weighted by atomic mass is 9.85. The van der Waals surface area contributed by atoms with E-state index >= 15 is 0 Å². The number of hydrogen-bond acceptors (Lipinski definition) is 2. The molecule has 0 aliphatic carbocycles. The van der Waals surface area contributed by atoms with Crippen molar-refractivity contribution in [1.82, 2.24) is 5.43 Å². The van der Waals surface area contributed by atoms with Crippen LogP contribution in [0.3, 0.4) is 0 Å². The second-order valence-corrected chi connectivity index (χ2v) is 5.49. The van der Waals surface area contributed by atoms with E-state index in [9.17, 15) is 4.39 Å². The largest absolute Gasteiger partial charge is 0.271 e. The Bertz CT molecular complexity index is 355. The quantitative estimate of drug-likeness (QED) is 0.611. The highest BCUT2D eigenvalue weighted by atomic mass is 19.1. The van der Waals surface area contributed by atoms with E-state index in [-0.39, 0.29) is 17.3 Å². The average molecular weight is 224 g/mol. The molecule has 1 aromatic rings. The molecule has 0 saturated carbocycles. The second kappa shape index (κ2) is 4.93. The molecule has 3 heteroatoms. The van der Waals surface area contributed by atoms with Gasteiger partial charge in [0, 0.05) is 6.04 Å². The number of nitrogens with two attached hydrogens (primary N) is 1. The summed E-state index contributed by atoms with van der Waals surface area (Å²) in [5, 5.41) is 0. The van der Waals surface area contributed by atoms with Gasteiger partial charge in [0.25, 0.3) is 0 Å². The molecule has 0 fully saturated rings. The van der Waals surface area contributed by atoms with Gasteiger partial charge in [0.1, 0.15) is 5.82 Å². The van der Waals surface area contributed by atoms with E-state index in [1.165, 1.54) is 0 Å². The molecule has 0 spiro atoms. The van der Waals surface area contributed by atoms with Gasteiger partial charge in [0.2, 0.25) is 0 Å². The summed E-state index contributed by atoms with van der Waals surface area (Å²) in [5.41, 5.74) is 4.47. The molecule has 0 aliphatic heterocycles. The van der Waals surface area contributed by atoms with E-state index in [1.807, 2.05) is 6.07 Å². The van der Waals surface area contributed by atoms with Crippen molar-refractivity contribution in [2.24, 2.45) is 11.3 Å². The summed E-state index contributed by atoms with van der Waals surface area (Å²) in [6, 6.07) is 5.27. The molecule has 1 unspecified atom stereocenters. The van der Waals surface area contributed by atoms with Crippen LogP contribution in [-0.2, 0) is 0 Å². The highest BCUT2D eigenvalue weighted by Gasteiger charge is 2.19. The molecule has 3 N–H and O–H groups in total. The predicted molar refractivity (Wildman–Crippen MR) is 65.3 cm³/mol. The van der Waals surface area contributed by atoms with Crippen LogP contribution in [-0.4, -0.2) is 0 Å². The zero-order valence-corrected chi connectivity index (χ0v) is 10.5. The van der Waals surface area contributed by atoms with Gasteiger partial charge < -0.3 is 0 Å². The maximum Gasteiger partial charge on any atom is 0.126 e. The predicted octanol–water partition coefficient (Wildman–Crippen LogP) is 3.07. The van der Waals surface area contributed by atoms with Gasteiger partial charge in [-0.15, -0.1) is 0 Å². The molecule has 90 valence electrons. The number of aryl methyl sites for hydroxylation is 1. The van der Waals surface area contributed by atoms with Crippen molar-refractivity contribution in [2.45, 2.75) is 40.2 Å². The number of benzene rings is 1. The minimum Gasteiger partial charge on any atom is -0.271 e. The molecule has 0 aromatic heterocycles. The zero-order valence-electron chi connectivity index (χ0n) is 10.5. The Morgan fingerprint density at radius 3 is 2.44 bits per heavy atom. The van der Waals surface area contributed by atoms with Crippen LogP contribution in [0.5, 0.6) is 0 Å². The zero-order chi connectivity index (χ0) is 12.3. The van der Waals surface area contributed by atoms with Gasteiger partial charge in [-0.05, 0) is 36.0 Å². The number of nitrogens with one attached hydrogen (secondary N) is 1. The summed E-state index contributed by atoms with van der Waals surface area (Å²) in [7, 11) is 0. The average Bonchev–Trinajstić information content (AvgIpc) is 2.17. The molecule has 0 amide bonds. The van der Waals surface area contributed by atoms with E-state index in [0.29, 0.717) is 5.56 Å². The number of hydrazine groups is 1. The lowest BCUT2D eigenvalue weighted by molar-refractivity contribution is 0.313. The van der Waals surface area contributed by atoms with Gasteiger partial charge in [0.15, 0.2) is 0 Å². The normalized spacial score (nSPS) is 13.9. The first-order chi connectivity index (χ1) is 7.33. The van der Waals surface area contributed by atoms with E-state index in [2.05, 4.69) is 26.2 Å². The Balaban J connectivity index is 2.91. The van der Waals surface area contributed by atoms with E-state index in [4.69, 9.17) is 5.84 Å². The van der Waals surface area contributed by atoms with Crippen molar-refractivity contribution in [3.8, 4) is 0 Å². The molecular formula is C13H21FN2. The molecule has 0 radical (unpaired) electrons. The summed E-state index contributed by atoms with van der Waals surface area (Å²) in [6.45, 7) is 8.18. The highest BCUT2D eigenvalue weighted by molar-refractivity contribution is 5.25. The molecule has 2 nitrogen and oxygen atoms in total. The van der Waals surface area contributed by atoms with Gasteiger partial charge in [-0.25, -0.2) is 4.39 Å². The van der Waals surface area contributed by atoms with Crippen LogP contribution in [0.2, 0.25) is 0 Å². The van der Waals surface area contributed by atoms with Gasteiger partial charge >= 0.3 is 0 Å². The summed E-state index contributed by atoms with van der Waals surface area (Å²) in [5.74, 6) is 5.35. The fourth-order valence-corrected chi connectivity index (χ4v) is 1.71. The maximum atomic E-state index is 13.4. The van der Waals surface area contributed by atoms with Gasteiger partial charge in [-0.3, -0.25) is 11.3 Å². The Morgan fingerprint density at radius 2 is 2.00 bits per heavy atom. The minimum absolute atomic E-state index is 0.00454. The number of rotatable bonds is 3. The van der Waals surface area contributed by atoms with Crippen LogP contribution in [0.1, 0.15) is 44.4 Å². The Morgan fingerprint density at radius 1 is 1.38 bits per heavy atom. The lowest BCUT2D eigenvalue weighted by Gasteiger charge is -2.26. The fourth-order valence-electron chi connectivity index (χ4n) is 1.71. The topological polar surface area (TPSA) is 38.0 Å². The third kappa shape index (κ3) is 3.58. The van der Waals surface area contributed by atoms with E-state index in [0.717, 1.165) is 12.0 Å². The molecule has 1 atom stereocenters. The molecule has 0 bridgehead atoms. The molecule has 0 aliphatic rings. The molecule has 1 aromatic carbocycles. The monoisotopic (exact) mass is 224 g/mol. The lowest BCUT2D eigenvalue weighted by Crippen LogP contribution is -2.31. The number of halogens is 1. The smallest absolute Gasteiger partial charge is 0.126 e. The first kappa shape index (κ1) is 13.1. The minimum atomic E-state index is -0.174. The highest BCUT2D eigenvalue weighted by Crippen LogP contribution is 2.29. The molecule has 16 heavy (non-hydrogen) atoms. The van der Waals surface area contributed by atoms with Crippen LogP contribution < -0.4 is 11.3 Å². The van der Waals surface area contributed by atoms with Crippen LogP contribution >= 0.6 is 0 Å². The van der Waals surface area contributed by atoms with Crippen LogP contribution in [0.4, 0.5) is 4.39 Å². The molecule has 0 heterocycles. The number of hydrogen-bond donors (Lipinski definition) is 2. The van der Waals surface area contributed by atoms with Crippen molar-refractivity contribution in [3.63, 3.8) is 0 Å². The Labute approximate surface area is 97.0 Å². The van der Waals surface area contributed by atoms with Gasteiger partial charge in [-0.1, -0.05) is 32.9 Å². The van der Waals surface area contributed by atoms with Crippen LogP contribution in [0.25, 0.3) is 0 Å². The third-order valence-electron chi connectivity index (χ3n) is 2.62. The fraction of sp³-hybridized carbons (Fsp3) is 0.538. The van der Waals surface area contributed by atoms with Gasteiger partial charge in [0.05, 0.1) is 0 Å². The van der Waals surface area contributed by atoms with E-state index < -0.39 is 0 Å². The molecular weight excluding hydrogens is 203 g/mol. The second-order valence-electron chi connectivity index (χ2n) is 5.49. The third-order valence-corrected chi connectivity index (χ3v) is 2.62. The van der Waals surface area contributed by atoms with Crippen LogP contribution in [0.15, 0.2) is 18.2 Å². The summed E-state index contributed by atoms with van der Waals surface area (Å²) in [4.78, 5) is 0. The standard InChI is InChI=1S/C13H21FN2/c1-9-5-6-10(7-11(9)14)12(16-15)8-13(2,3)4/h5-7,12,16H,8,15H2,1-4H3. The Kier molecular flexibility index (Phi) is 4.05. The Hall–Kier alpha value is -0.930. The van der Waals surface area contributed by atoms with Crippen molar-refractivity contribution >= 4 is 0 Å². The van der Waals surface area contributed by atoms with Crippen molar-refractivity contribution in [1.29, 1.82) is 0 Å². The SMILES string of the molecule is Cc1ccc(C(CC(C)(C)C)NN)cc1F. The van der Waals surface area contributed by atoms with Crippen LogP contribution in [0, 0.1) is 18.2 Å². The van der Waals surface area contributed by atoms with Crippen molar-refractivity contribution < 1.29 is 4.39 Å². The van der Waals surface area contributed by atoms with Gasteiger partial charge in [-0.2, -0.15) is 0 Å².